The zero-order valence-corrected chi connectivity index (χ0v) is 12.8. The van der Waals surface area contributed by atoms with Crippen molar-refractivity contribution in [2.75, 3.05) is 13.7 Å². The molecule has 22 heavy (non-hydrogen) atoms. The number of aliphatic hydroxyl groups is 2. The summed E-state index contributed by atoms with van der Waals surface area (Å²) in [6.45, 7) is -0.259. The van der Waals surface area contributed by atoms with Gasteiger partial charge in [-0.15, -0.1) is 0 Å². The van der Waals surface area contributed by atoms with Gasteiger partial charge in [0.15, 0.2) is 0 Å². The van der Waals surface area contributed by atoms with Gasteiger partial charge in [0.25, 0.3) is 0 Å². The number of esters is 1. The standard InChI is InChI=1S/C17H23NO4/c1-18-12-7-13(9-15(18)16(20)8-12)22-17(21)14(10-19)11-5-3-2-4-6-11/h2-6,12-16,19-20H,7-10H2,1H3/t12-,13+,14-,15+,16?/m1/s1. The van der Waals surface area contributed by atoms with Crippen molar-refractivity contribution >= 4 is 5.97 Å². The molecule has 2 aliphatic heterocycles. The SMILES string of the molecule is CN1[C@H]2CC(O)[C@@H]1C[C@@H](OC(=O)[C@H](CO)c1ccccc1)C2. The van der Waals surface area contributed by atoms with Gasteiger partial charge >= 0.3 is 5.97 Å². The minimum Gasteiger partial charge on any atom is -0.462 e. The molecule has 2 fully saturated rings. The number of hydrogen-bond acceptors (Lipinski definition) is 5. The van der Waals surface area contributed by atoms with Gasteiger partial charge in [0.05, 0.1) is 12.7 Å². The van der Waals surface area contributed by atoms with Gasteiger partial charge in [-0.3, -0.25) is 9.69 Å². The summed E-state index contributed by atoms with van der Waals surface area (Å²) in [7, 11) is 2.02. The van der Waals surface area contributed by atoms with Crippen LogP contribution in [0.25, 0.3) is 0 Å². The second kappa shape index (κ2) is 6.36. The highest BCUT2D eigenvalue weighted by Gasteiger charge is 2.45. The second-order valence-electron chi connectivity index (χ2n) is 6.37. The molecule has 2 N–H and O–H groups in total. The number of fused-ring (bicyclic) bond motifs is 2. The molecule has 2 bridgehead atoms. The maximum absolute atomic E-state index is 12.4. The van der Waals surface area contributed by atoms with E-state index in [1.807, 2.05) is 37.4 Å². The zero-order chi connectivity index (χ0) is 15.7. The number of rotatable bonds is 4. The molecule has 120 valence electrons. The summed E-state index contributed by atoms with van der Waals surface area (Å²) in [5.74, 6) is -1.01. The summed E-state index contributed by atoms with van der Waals surface area (Å²) >= 11 is 0. The largest absolute Gasteiger partial charge is 0.462 e. The van der Waals surface area contributed by atoms with Crippen molar-refractivity contribution in [3.8, 4) is 0 Å². The second-order valence-corrected chi connectivity index (χ2v) is 6.37. The van der Waals surface area contributed by atoms with Crippen LogP contribution < -0.4 is 0 Å². The normalized spacial score (nSPS) is 32.7. The number of carbonyl (C=O) groups excluding carboxylic acids is 1. The lowest BCUT2D eigenvalue weighted by Gasteiger charge is -2.36. The lowest BCUT2D eigenvalue weighted by Crippen LogP contribution is -2.45. The van der Waals surface area contributed by atoms with Crippen molar-refractivity contribution < 1.29 is 19.7 Å². The Balaban J connectivity index is 1.65. The topological polar surface area (TPSA) is 70.0 Å². The van der Waals surface area contributed by atoms with Crippen LogP contribution in [0.2, 0.25) is 0 Å². The molecule has 0 radical (unpaired) electrons. The third kappa shape index (κ3) is 2.89. The molecule has 2 aliphatic rings. The fraction of sp³-hybridized carbons (Fsp3) is 0.588. The smallest absolute Gasteiger partial charge is 0.316 e. The van der Waals surface area contributed by atoms with Gasteiger partial charge < -0.3 is 14.9 Å². The van der Waals surface area contributed by atoms with Crippen LogP contribution >= 0.6 is 0 Å². The number of aliphatic hydroxyl groups excluding tert-OH is 2. The number of benzene rings is 1. The molecule has 2 saturated heterocycles. The Morgan fingerprint density at radius 3 is 2.68 bits per heavy atom. The monoisotopic (exact) mass is 305 g/mol. The van der Waals surface area contributed by atoms with Crippen LogP contribution in [-0.4, -0.2) is 59.0 Å². The Labute approximate surface area is 130 Å². The van der Waals surface area contributed by atoms with Crippen molar-refractivity contribution in [1.29, 1.82) is 0 Å². The molecule has 1 aromatic carbocycles. The molecule has 0 spiro atoms. The third-order valence-electron chi connectivity index (χ3n) is 5.05. The third-order valence-corrected chi connectivity index (χ3v) is 5.05. The lowest BCUT2D eigenvalue weighted by atomic mass is 9.98. The molecule has 3 rings (SSSR count). The Morgan fingerprint density at radius 1 is 1.32 bits per heavy atom. The molecule has 0 amide bonds. The van der Waals surface area contributed by atoms with Crippen LogP contribution in [0.15, 0.2) is 30.3 Å². The van der Waals surface area contributed by atoms with Gasteiger partial charge in [-0.05, 0) is 19.0 Å². The number of ether oxygens (including phenoxy) is 1. The van der Waals surface area contributed by atoms with Gasteiger partial charge in [-0.25, -0.2) is 0 Å². The molecule has 5 atom stereocenters. The molecule has 0 saturated carbocycles. The molecule has 1 aromatic rings. The van der Waals surface area contributed by atoms with E-state index < -0.39 is 5.92 Å². The van der Waals surface area contributed by atoms with Crippen molar-refractivity contribution in [1.82, 2.24) is 4.90 Å². The van der Waals surface area contributed by atoms with Crippen LogP contribution in [0.1, 0.15) is 30.7 Å². The van der Waals surface area contributed by atoms with Crippen molar-refractivity contribution in [3.05, 3.63) is 35.9 Å². The average molecular weight is 305 g/mol. The van der Waals surface area contributed by atoms with Gasteiger partial charge in [0.2, 0.25) is 0 Å². The quantitative estimate of drug-likeness (QED) is 0.809. The molecule has 2 heterocycles. The number of piperidine rings is 1. The first kappa shape index (κ1) is 15.5. The highest BCUT2D eigenvalue weighted by Crippen LogP contribution is 2.36. The Kier molecular flexibility index (Phi) is 4.47. The number of nitrogens with zero attached hydrogens (tertiary/aromatic N) is 1. The lowest BCUT2D eigenvalue weighted by molar-refractivity contribution is -0.155. The number of hydrogen-bond donors (Lipinski definition) is 2. The number of carbonyl (C=O) groups is 1. The maximum Gasteiger partial charge on any atom is 0.316 e. The summed E-state index contributed by atoms with van der Waals surface area (Å²) in [5.41, 5.74) is 0.769. The summed E-state index contributed by atoms with van der Waals surface area (Å²) in [6.07, 6.45) is 1.66. The molecule has 1 unspecified atom stereocenters. The van der Waals surface area contributed by atoms with E-state index in [2.05, 4.69) is 4.90 Å². The van der Waals surface area contributed by atoms with E-state index in [1.165, 1.54) is 0 Å². The predicted molar refractivity (Wildman–Crippen MR) is 81.3 cm³/mol. The van der Waals surface area contributed by atoms with Gasteiger partial charge in [0.1, 0.15) is 12.0 Å². The van der Waals surface area contributed by atoms with Gasteiger partial charge in [-0.2, -0.15) is 0 Å². The Morgan fingerprint density at radius 2 is 2.05 bits per heavy atom. The molecular weight excluding hydrogens is 282 g/mol. The fourth-order valence-electron chi connectivity index (χ4n) is 3.74. The Hall–Kier alpha value is -1.43. The van der Waals surface area contributed by atoms with Crippen LogP contribution in [-0.2, 0) is 9.53 Å². The molecular formula is C17H23NO4. The Bertz CT molecular complexity index is 521. The minimum absolute atomic E-state index is 0.0702. The van der Waals surface area contributed by atoms with E-state index in [0.717, 1.165) is 18.4 Å². The van der Waals surface area contributed by atoms with Gasteiger partial charge in [0, 0.05) is 24.9 Å². The summed E-state index contributed by atoms with van der Waals surface area (Å²) in [5, 5.41) is 19.6. The molecule has 0 aliphatic carbocycles. The van der Waals surface area contributed by atoms with E-state index in [1.54, 1.807) is 0 Å². The van der Waals surface area contributed by atoms with E-state index in [4.69, 9.17) is 4.74 Å². The summed E-state index contributed by atoms with van der Waals surface area (Å²) < 4.78 is 5.64. The maximum atomic E-state index is 12.4. The summed E-state index contributed by atoms with van der Waals surface area (Å²) in [6, 6.07) is 9.56. The molecule has 0 aromatic heterocycles. The highest BCUT2D eigenvalue weighted by atomic mass is 16.5. The highest BCUT2D eigenvalue weighted by molar-refractivity contribution is 5.78. The zero-order valence-electron chi connectivity index (χ0n) is 12.8. The van der Waals surface area contributed by atoms with E-state index >= 15 is 0 Å². The van der Waals surface area contributed by atoms with Crippen LogP contribution in [0.4, 0.5) is 0 Å². The first-order chi connectivity index (χ1) is 10.6. The van der Waals surface area contributed by atoms with E-state index in [9.17, 15) is 15.0 Å². The minimum atomic E-state index is -0.636. The first-order valence-corrected chi connectivity index (χ1v) is 7.86. The van der Waals surface area contributed by atoms with E-state index in [-0.39, 0.29) is 36.9 Å². The van der Waals surface area contributed by atoms with Crippen molar-refractivity contribution in [3.63, 3.8) is 0 Å². The van der Waals surface area contributed by atoms with Crippen LogP contribution in [0.5, 0.6) is 0 Å². The summed E-state index contributed by atoms with van der Waals surface area (Å²) in [4.78, 5) is 14.6. The molecule has 5 nitrogen and oxygen atoms in total. The van der Waals surface area contributed by atoms with Gasteiger partial charge in [-0.1, -0.05) is 30.3 Å². The fourth-order valence-corrected chi connectivity index (χ4v) is 3.74. The van der Waals surface area contributed by atoms with Crippen molar-refractivity contribution in [2.24, 2.45) is 0 Å². The van der Waals surface area contributed by atoms with Crippen LogP contribution in [0.3, 0.4) is 0 Å². The van der Waals surface area contributed by atoms with Crippen molar-refractivity contribution in [2.45, 2.75) is 49.5 Å². The van der Waals surface area contributed by atoms with Crippen LogP contribution in [0, 0.1) is 0 Å². The number of likely N-dealkylation sites (N-methyl/N-ethyl adjacent to an activating group) is 1. The average Bonchev–Trinajstić information content (AvgIpc) is 2.68. The van der Waals surface area contributed by atoms with E-state index in [0.29, 0.717) is 6.42 Å². The predicted octanol–water partition coefficient (Wildman–Crippen LogP) is 0.902. The molecule has 5 heteroatoms. The first-order valence-electron chi connectivity index (χ1n) is 7.86.